The van der Waals surface area contributed by atoms with E-state index in [9.17, 15) is 19.7 Å². The van der Waals surface area contributed by atoms with Crippen molar-refractivity contribution in [3.63, 3.8) is 0 Å². The molecule has 0 fully saturated rings. The maximum absolute atomic E-state index is 12.6. The highest BCUT2D eigenvalue weighted by atomic mass is 16.6. The lowest BCUT2D eigenvalue weighted by Crippen LogP contribution is -2.17. The highest BCUT2D eigenvalue weighted by molar-refractivity contribution is 6.05. The molecule has 4 aromatic carbocycles. The van der Waals surface area contributed by atoms with E-state index in [0.29, 0.717) is 16.9 Å². The average Bonchev–Trinajstić information content (AvgIpc) is 2.84. The van der Waals surface area contributed by atoms with Crippen LogP contribution in [-0.4, -0.2) is 23.0 Å². The van der Waals surface area contributed by atoms with E-state index in [0.717, 1.165) is 10.8 Å². The third-order valence-corrected chi connectivity index (χ3v) is 4.80. The minimum atomic E-state index is -0.575. The van der Waals surface area contributed by atoms with Crippen molar-refractivity contribution < 1.29 is 19.2 Å². The number of carbonyl (C=O) groups excluding carboxylic acids is 2. The molecule has 0 aliphatic heterocycles. The summed E-state index contributed by atoms with van der Waals surface area (Å²) < 4.78 is 5.49. The number of nitrogens with one attached hydrogen (secondary N) is 1. The molecule has 8 heteroatoms. The van der Waals surface area contributed by atoms with E-state index in [1.165, 1.54) is 30.5 Å². The van der Waals surface area contributed by atoms with Gasteiger partial charge >= 0.3 is 5.97 Å². The Morgan fingerprint density at radius 1 is 0.909 bits per heavy atom. The van der Waals surface area contributed by atoms with Crippen molar-refractivity contribution in [2.75, 3.05) is 0 Å². The first-order chi connectivity index (χ1) is 16.0. The van der Waals surface area contributed by atoms with Gasteiger partial charge in [0.05, 0.1) is 16.7 Å². The molecule has 0 atom stereocenters. The Bertz CT molecular complexity index is 1380. The molecule has 4 aromatic rings. The molecule has 0 aliphatic rings. The van der Waals surface area contributed by atoms with Crippen LogP contribution in [0.15, 0.2) is 96.1 Å². The van der Waals surface area contributed by atoms with E-state index in [4.69, 9.17) is 4.74 Å². The van der Waals surface area contributed by atoms with Crippen LogP contribution in [0.5, 0.6) is 5.75 Å². The Kier molecular flexibility index (Phi) is 6.17. The lowest BCUT2D eigenvalue weighted by Gasteiger charge is -2.07. The molecular formula is C25H17N3O5. The third-order valence-electron chi connectivity index (χ3n) is 4.80. The van der Waals surface area contributed by atoms with Crippen molar-refractivity contribution in [3.8, 4) is 5.75 Å². The summed E-state index contributed by atoms with van der Waals surface area (Å²) in [6, 6.07) is 25.0. The monoisotopic (exact) mass is 439 g/mol. The summed E-state index contributed by atoms with van der Waals surface area (Å²) in [6.45, 7) is 0. The largest absolute Gasteiger partial charge is 0.423 e. The number of rotatable bonds is 6. The van der Waals surface area contributed by atoms with Crippen molar-refractivity contribution in [2.45, 2.75) is 0 Å². The number of benzene rings is 4. The Balaban J connectivity index is 1.38. The summed E-state index contributed by atoms with van der Waals surface area (Å²) in [5.41, 5.74) is 3.39. The standard InChI is InChI=1S/C25H17N3O5/c29-24(19-7-3-8-20(15-19)28(31)32)27-26-16-17-11-13-21(14-12-17)33-25(30)23-10-4-6-18-5-1-2-9-22(18)23/h1-16H,(H,27,29). The summed E-state index contributed by atoms with van der Waals surface area (Å²) in [5, 5.41) is 16.4. The highest BCUT2D eigenvalue weighted by Crippen LogP contribution is 2.21. The molecule has 0 aliphatic carbocycles. The van der Waals surface area contributed by atoms with Crippen molar-refractivity contribution in [1.82, 2.24) is 5.43 Å². The predicted molar refractivity (Wildman–Crippen MR) is 124 cm³/mol. The van der Waals surface area contributed by atoms with Gasteiger partial charge in [0.2, 0.25) is 0 Å². The van der Waals surface area contributed by atoms with Crippen LogP contribution in [0.2, 0.25) is 0 Å². The number of fused-ring (bicyclic) bond motifs is 1. The van der Waals surface area contributed by atoms with Gasteiger partial charge < -0.3 is 4.74 Å². The minimum absolute atomic E-state index is 0.122. The van der Waals surface area contributed by atoms with E-state index in [1.807, 2.05) is 30.3 Å². The van der Waals surface area contributed by atoms with Crippen molar-refractivity contribution in [3.05, 3.63) is 118 Å². The third kappa shape index (κ3) is 5.08. The molecule has 1 amide bonds. The van der Waals surface area contributed by atoms with Gasteiger partial charge in [-0.1, -0.05) is 42.5 Å². The molecule has 0 unspecified atom stereocenters. The Labute approximate surface area is 188 Å². The zero-order valence-corrected chi connectivity index (χ0v) is 17.2. The number of nitro groups is 1. The fraction of sp³-hybridized carbons (Fsp3) is 0. The number of ether oxygens (including phenoxy) is 1. The maximum atomic E-state index is 12.6. The van der Waals surface area contributed by atoms with E-state index in [-0.39, 0.29) is 11.3 Å². The SMILES string of the molecule is O=C(NN=Cc1ccc(OC(=O)c2cccc3ccccc23)cc1)c1cccc([N+](=O)[O-])c1. The van der Waals surface area contributed by atoms with Gasteiger partial charge in [0.25, 0.3) is 11.6 Å². The van der Waals surface area contributed by atoms with Gasteiger partial charge in [-0.15, -0.1) is 0 Å². The summed E-state index contributed by atoms with van der Waals surface area (Å²) in [4.78, 5) is 35.0. The second kappa shape index (κ2) is 9.52. The number of hydrogen-bond donors (Lipinski definition) is 1. The van der Waals surface area contributed by atoms with Crippen LogP contribution in [-0.2, 0) is 0 Å². The van der Waals surface area contributed by atoms with Crippen LogP contribution in [0.3, 0.4) is 0 Å². The molecule has 162 valence electrons. The first-order valence-electron chi connectivity index (χ1n) is 9.89. The number of esters is 1. The topological polar surface area (TPSA) is 111 Å². The number of nitrogens with zero attached hydrogens (tertiary/aromatic N) is 2. The fourth-order valence-electron chi connectivity index (χ4n) is 3.18. The predicted octanol–water partition coefficient (Wildman–Crippen LogP) is 4.73. The number of non-ortho nitro benzene ring substituents is 1. The molecule has 0 saturated carbocycles. The lowest BCUT2D eigenvalue weighted by molar-refractivity contribution is -0.384. The van der Waals surface area contributed by atoms with Crippen LogP contribution in [0, 0.1) is 10.1 Å². The van der Waals surface area contributed by atoms with Gasteiger partial charge in [-0.25, -0.2) is 10.2 Å². The molecule has 4 rings (SSSR count). The van der Waals surface area contributed by atoms with Gasteiger partial charge in [0.15, 0.2) is 0 Å². The van der Waals surface area contributed by atoms with Gasteiger partial charge in [-0.2, -0.15) is 5.10 Å². The molecule has 1 N–H and O–H groups in total. The summed E-state index contributed by atoms with van der Waals surface area (Å²) in [7, 11) is 0. The van der Waals surface area contributed by atoms with Crippen LogP contribution in [0.25, 0.3) is 10.8 Å². The number of amides is 1. The zero-order chi connectivity index (χ0) is 23.2. The lowest BCUT2D eigenvalue weighted by atomic mass is 10.0. The van der Waals surface area contributed by atoms with Gasteiger partial charge in [0.1, 0.15) is 5.75 Å². The Hall–Kier alpha value is -4.85. The minimum Gasteiger partial charge on any atom is -0.423 e. The molecule has 0 aromatic heterocycles. The fourth-order valence-corrected chi connectivity index (χ4v) is 3.18. The smallest absolute Gasteiger partial charge is 0.344 e. The van der Waals surface area contributed by atoms with Crippen LogP contribution >= 0.6 is 0 Å². The maximum Gasteiger partial charge on any atom is 0.344 e. The van der Waals surface area contributed by atoms with Crippen molar-refractivity contribution in [2.24, 2.45) is 5.10 Å². The Morgan fingerprint density at radius 2 is 1.64 bits per heavy atom. The van der Waals surface area contributed by atoms with E-state index < -0.39 is 16.8 Å². The average molecular weight is 439 g/mol. The quantitative estimate of drug-likeness (QED) is 0.153. The Morgan fingerprint density at radius 3 is 2.42 bits per heavy atom. The zero-order valence-electron chi connectivity index (χ0n) is 17.2. The van der Waals surface area contributed by atoms with Crippen LogP contribution < -0.4 is 10.2 Å². The number of nitro benzene ring substituents is 1. The molecule has 0 radical (unpaired) electrons. The normalized spacial score (nSPS) is 10.8. The highest BCUT2D eigenvalue weighted by Gasteiger charge is 2.12. The van der Waals surface area contributed by atoms with Crippen molar-refractivity contribution in [1.29, 1.82) is 0 Å². The van der Waals surface area contributed by atoms with E-state index >= 15 is 0 Å². The number of carbonyl (C=O) groups is 2. The summed E-state index contributed by atoms with van der Waals surface area (Å²) in [5.74, 6) is -0.668. The molecule has 0 spiro atoms. The number of hydrogen-bond acceptors (Lipinski definition) is 6. The first-order valence-corrected chi connectivity index (χ1v) is 9.89. The van der Waals surface area contributed by atoms with Crippen molar-refractivity contribution >= 4 is 34.6 Å². The summed E-state index contributed by atoms with van der Waals surface area (Å²) in [6.07, 6.45) is 1.41. The van der Waals surface area contributed by atoms with Gasteiger partial charge in [0, 0.05) is 17.7 Å². The second-order valence-electron chi connectivity index (χ2n) is 6.99. The van der Waals surface area contributed by atoms with E-state index in [2.05, 4.69) is 10.5 Å². The molecule has 33 heavy (non-hydrogen) atoms. The van der Waals surface area contributed by atoms with Crippen LogP contribution in [0.4, 0.5) is 5.69 Å². The van der Waals surface area contributed by atoms with Gasteiger partial charge in [-0.3, -0.25) is 14.9 Å². The number of hydrazone groups is 1. The van der Waals surface area contributed by atoms with Crippen LogP contribution in [0.1, 0.15) is 26.3 Å². The molecule has 0 saturated heterocycles. The second-order valence-corrected chi connectivity index (χ2v) is 6.99. The van der Waals surface area contributed by atoms with Gasteiger partial charge in [-0.05, 0) is 52.7 Å². The molecule has 0 heterocycles. The summed E-state index contributed by atoms with van der Waals surface area (Å²) >= 11 is 0. The molecule has 0 bridgehead atoms. The van der Waals surface area contributed by atoms with E-state index in [1.54, 1.807) is 36.4 Å². The first kappa shape index (κ1) is 21.4. The molecule has 8 nitrogen and oxygen atoms in total. The molecular weight excluding hydrogens is 422 g/mol.